The predicted octanol–water partition coefficient (Wildman–Crippen LogP) is 4.04. The molecule has 0 aliphatic heterocycles. The van der Waals surface area contributed by atoms with Crippen LogP contribution in [0.2, 0.25) is 0 Å². The number of nitrogens with zero attached hydrogens (tertiary/aromatic N) is 2. The second-order valence-electron chi connectivity index (χ2n) is 5.74. The minimum Gasteiger partial charge on any atom is -0.370 e. The fourth-order valence-corrected chi connectivity index (χ4v) is 3.06. The van der Waals surface area contributed by atoms with Crippen molar-refractivity contribution >= 4 is 23.4 Å². The molecule has 21 heavy (non-hydrogen) atoms. The van der Waals surface area contributed by atoms with Crippen LogP contribution in [-0.2, 0) is 0 Å². The van der Waals surface area contributed by atoms with Crippen LogP contribution in [0.1, 0.15) is 57.3 Å². The lowest BCUT2D eigenvalue weighted by molar-refractivity contribution is 0.760. The third-order valence-corrected chi connectivity index (χ3v) is 4.66. The van der Waals surface area contributed by atoms with E-state index in [1.165, 1.54) is 24.3 Å². The fourth-order valence-electron chi connectivity index (χ4n) is 2.25. The highest BCUT2D eigenvalue weighted by Crippen LogP contribution is 2.39. The molecule has 118 valence electrons. The topological polar surface area (TPSA) is 49.8 Å². The van der Waals surface area contributed by atoms with E-state index in [1.807, 2.05) is 11.8 Å². The van der Waals surface area contributed by atoms with E-state index >= 15 is 0 Å². The van der Waals surface area contributed by atoms with Gasteiger partial charge in [-0.1, -0.05) is 6.92 Å². The van der Waals surface area contributed by atoms with Crippen molar-refractivity contribution in [2.75, 3.05) is 28.7 Å². The molecule has 1 aromatic rings. The molecule has 1 heterocycles. The Kier molecular flexibility index (Phi) is 6.15. The van der Waals surface area contributed by atoms with Crippen molar-refractivity contribution in [2.24, 2.45) is 0 Å². The summed E-state index contributed by atoms with van der Waals surface area (Å²) in [5, 5.41) is 6.96. The van der Waals surface area contributed by atoms with Crippen molar-refractivity contribution in [3.8, 4) is 0 Å². The van der Waals surface area contributed by atoms with Gasteiger partial charge < -0.3 is 10.6 Å². The molecular formula is C16H28N4S. The normalized spacial score (nSPS) is 15.8. The van der Waals surface area contributed by atoms with Gasteiger partial charge in [-0.05, 0) is 51.5 Å². The fraction of sp³-hybridized carbons (Fsp3) is 0.750. The Labute approximate surface area is 132 Å². The van der Waals surface area contributed by atoms with Crippen LogP contribution in [0, 0.1) is 6.92 Å². The standard InChI is InChI=1S/C16H28N4S/c1-5-17-14-12(4)15(18-11(3)9-10-21-6-2)20-16(19-14)13-7-8-13/h11,13H,5-10H2,1-4H3,(H2,17,18,19,20). The van der Waals surface area contributed by atoms with Crippen LogP contribution in [-0.4, -0.2) is 34.1 Å². The molecule has 1 unspecified atom stereocenters. The zero-order valence-corrected chi connectivity index (χ0v) is 14.5. The Hall–Kier alpha value is -0.970. The SMILES string of the molecule is CCNc1nc(C2CC2)nc(NC(C)CCSCC)c1C. The number of anilines is 2. The summed E-state index contributed by atoms with van der Waals surface area (Å²) in [5.74, 6) is 5.98. The van der Waals surface area contributed by atoms with E-state index in [0.29, 0.717) is 12.0 Å². The first-order chi connectivity index (χ1) is 10.2. The molecule has 0 amide bonds. The summed E-state index contributed by atoms with van der Waals surface area (Å²) < 4.78 is 0. The zero-order valence-electron chi connectivity index (χ0n) is 13.7. The largest absolute Gasteiger partial charge is 0.370 e. The van der Waals surface area contributed by atoms with Gasteiger partial charge in [-0.3, -0.25) is 0 Å². The first kappa shape index (κ1) is 16.4. The van der Waals surface area contributed by atoms with E-state index in [-0.39, 0.29) is 0 Å². The van der Waals surface area contributed by atoms with E-state index in [1.54, 1.807) is 0 Å². The van der Waals surface area contributed by atoms with Crippen LogP contribution < -0.4 is 10.6 Å². The molecule has 0 bridgehead atoms. The first-order valence-electron chi connectivity index (χ1n) is 8.12. The molecule has 0 saturated heterocycles. The van der Waals surface area contributed by atoms with Gasteiger partial charge in [0.1, 0.15) is 17.5 Å². The molecule has 4 nitrogen and oxygen atoms in total. The van der Waals surface area contributed by atoms with E-state index in [4.69, 9.17) is 9.97 Å². The van der Waals surface area contributed by atoms with Gasteiger partial charge in [0.25, 0.3) is 0 Å². The monoisotopic (exact) mass is 308 g/mol. The van der Waals surface area contributed by atoms with Gasteiger partial charge in [-0.25, -0.2) is 9.97 Å². The molecule has 0 aromatic carbocycles. The van der Waals surface area contributed by atoms with Crippen molar-refractivity contribution < 1.29 is 0 Å². The summed E-state index contributed by atoms with van der Waals surface area (Å²) in [6.07, 6.45) is 3.63. The smallest absolute Gasteiger partial charge is 0.136 e. The second kappa shape index (κ2) is 7.87. The number of thioether (sulfide) groups is 1. The highest BCUT2D eigenvalue weighted by molar-refractivity contribution is 7.99. The van der Waals surface area contributed by atoms with Crippen molar-refractivity contribution in [3.63, 3.8) is 0 Å². The van der Waals surface area contributed by atoms with Gasteiger partial charge in [0.2, 0.25) is 0 Å². The summed E-state index contributed by atoms with van der Waals surface area (Å²) in [7, 11) is 0. The van der Waals surface area contributed by atoms with E-state index in [0.717, 1.165) is 36.0 Å². The van der Waals surface area contributed by atoms with Crippen LogP contribution >= 0.6 is 11.8 Å². The molecule has 1 atom stereocenters. The van der Waals surface area contributed by atoms with Crippen LogP contribution in [0.3, 0.4) is 0 Å². The Morgan fingerprint density at radius 1 is 1.24 bits per heavy atom. The summed E-state index contributed by atoms with van der Waals surface area (Å²) >= 11 is 2.00. The van der Waals surface area contributed by atoms with Crippen molar-refractivity contribution in [3.05, 3.63) is 11.4 Å². The van der Waals surface area contributed by atoms with Gasteiger partial charge in [-0.15, -0.1) is 0 Å². The first-order valence-corrected chi connectivity index (χ1v) is 9.27. The maximum absolute atomic E-state index is 4.78. The lowest BCUT2D eigenvalue weighted by atomic mass is 10.2. The highest BCUT2D eigenvalue weighted by atomic mass is 32.2. The average Bonchev–Trinajstić information content (AvgIpc) is 3.28. The van der Waals surface area contributed by atoms with Crippen molar-refractivity contribution in [2.45, 2.75) is 58.9 Å². The summed E-state index contributed by atoms with van der Waals surface area (Å²) in [6, 6.07) is 0.444. The summed E-state index contributed by atoms with van der Waals surface area (Å²) in [6.45, 7) is 9.55. The molecule has 1 fully saturated rings. The molecule has 0 radical (unpaired) electrons. The lowest BCUT2D eigenvalue weighted by Crippen LogP contribution is -2.19. The van der Waals surface area contributed by atoms with Gasteiger partial charge in [0.05, 0.1) is 0 Å². The van der Waals surface area contributed by atoms with Gasteiger partial charge in [0.15, 0.2) is 0 Å². The third kappa shape index (κ3) is 4.77. The Balaban J connectivity index is 2.09. The predicted molar refractivity (Wildman–Crippen MR) is 93.6 cm³/mol. The second-order valence-corrected chi connectivity index (χ2v) is 7.13. The molecule has 1 aromatic heterocycles. The Morgan fingerprint density at radius 2 is 1.95 bits per heavy atom. The molecule has 1 saturated carbocycles. The number of nitrogens with one attached hydrogen (secondary N) is 2. The van der Waals surface area contributed by atoms with Gasteiger partial charge >= 0.3 is 0 Å². The minimum atomic E-state index is 0.444. The molecular weight excluding hydrogens is 280 g/mol. The number of hydrogen-bond donors (Lipinski definition) is 2. The summed E-state index contributed by atoms with van der Waals surface area (Å²) in [4.78, 5) is 9.48. The lowest BCUT2D eigenvalue weighted by Gasteiger charge is -2.18. The van der Waals surface area contributed by atoms with E-state index in [2.05, 4.69) is 38.3 Å². The maximum Gasteiger partial charge on any atom is 0.136 e. The molecule has 2 N–H and O–H groups in total. The van der Waals surface area contributed by atoms with Crippen molar-refractivity contribution in [1.82, 2.24) is 9.97 Å². The molecule has 1 aliphatic rings. The number of aromatic nitrogens is 2. The molecule has 0 spiro atoms. The molecule has 2 rings (SSSR count). The third-order valence-electron chi connectivity index (χ3n) is 3.73. The number of rotatable bonds is 9. The maximum atomic E-state index is 4.78. The molecule has 1 aliphatic carbocycles. The summed E-state index contributed by atoms with van der Waals surface area (Å²) in [5.41, 5.74) is 1.14. The molecule has 5 heteroatoms. The van der Waals surface area contributed by atoms with Crippen LogP contribution in [0.15, 0.2) is 0 Å². The Bertz CT molecular complexity index is 460. The zero-order chi connectivity index (χ0) is 15.2. The van der Waals surface area contributed by atoms with Crippen molar-refractivity contribution in [1.29, 1.82) is 0 Å². The van der Waals surface area contributed by atoms with Gasteiger partial charge in [-0.2, -0.15) is 11.8 Å². The van der Waals surface area contributed by atoms with E-state index < -0.39 is 0 Å². The Morgan fingerprint density at radius 3 is 2.57 bits per heavy atom. The average molecular weight is 308 g/mol. The van der Waals surface area contributed by atoms with Gasteiger partial charge in [0, 0.05) is 24.1 Å². The van der Waals surface area contributed by atoms with Crippen LogP contribution in [0.25, 0.3) is 0 Å². The highest BCUT2D eigenvalue weighted by Gasteiger charge is 2.28. The van der Waals surface area contributed by atoms with E-state index in [9.17, 15) is 0 Å². The number of hydrogen-bond acceptors (Lipinski definition) is 5. The van der Waals surface area contributed by atoms with Crippen LogP contribution in [0.5, 0.6) is 0 Å². The van der Waals surface area contributed by atoms with Crippen LogP contribution in [0.4, 0.5) is 11.6 Å². The minimum absolute atomic E-state index is 0.444. The quantitative estimate of drug-likeness (QED) is 0.674.